The molecule has 0 N–H and O–H groups in total. The third kappa shape index (κ3) is 3.51. The van der Waals surface area contributed by atoms with Crippen LogP contribution in [0.5, 0.6) is 0 Å². The van der Waals surface area contributed by atoms with Crippen molar-refractivity contribution >= 4 is 16.0 Å². The summed E-state index contributed by atoms with van der Waals surface area (Å²) >= 11 is 0. The van der Waals surface area contributed by atoms with Crippen LogP contribution in [0.1, 0.15) is 12.5 Å². The summed E-state index contributed by atoms with van der Waals surface area (Å²) in [4.78, 5) is 11.0. The number of halogens is 1. The third-order valence-electron chi connectivity index (χ3n) is 2.67. The predicted molar refractivity (Wildman–Crippen MR) is 67.6 cm³/mol. The van der Waals surface area contributed by atoms with Crippen molar-refractivity contribution < 1.29 is 22.3 Å². The molecule has 19 heavy (non-hydrogen) atoms. The molecule has 1 aromatic rings. The lowest BCUT2D eigenvalue weighted by atomic mass is 10.2. The van der Waals surface area contributed by atoms with E-state index in [0.717, 1.165) is 10.4 Å². The van der Waals surface area contributed by atoms with Crippen LogP contribution in [0.15, 0.2) is 23.1 Å². The van der Waals surface area contributed by atoms with Gasteiger partial charge in [-0.2, -0.15) is 4.31 Å². The van der Waals surface area contributed by atoms with Crippen LogP contribution >= 0.6 is 0 Å². The number of hydrogen-bond donors (Lipinski definition) is 0. The molecule has 0 amide bonds. The van der Waals surface area contributed by atoms with Gasteiger partial charge in [0.15, 0.2) is 0 Å². The van der Waals surface area contributed by atoms with Gasteiger partial charge in [-0.1, -0.05) is 13.0 Å². The molecule has 0 saturated heterocycles. The Balaban J connectivity index is 3.13. The minimum Gasteiger partial charge on any atom is -0.468 e. The number of nitrogens with zero attached hydrogens (tertiary/aromatic N) is 1. The first-order chi connectivity index (χ1) is 8.82. The third-order valence-corrected chi connectivity index (χ3v) is 4.58. The second-order valence-corrected chi connectivity index (χ2v) is 5.86. The van der Waals surface area contributed by atoms with Crippen molar-refractivity contribution in [1.82, 2.24) is 4.31 Å². The van der Waals surface area contributed by atoms with Gasteiger partial charge in [-0.15, -0.1) is 0 Å². The highest BCUT2D eigenvalue weighted by Crippen LogP contribution is 2.18. The van der Waals surface area contributed by atoms with Crippen molar-refractivity contribution in [2.24, 2.45) is 0 Å². The molecule has 0 aliphatic rings. The Kier molecular flexibility index (Phi) is 5.02. The minimum atomic E-state index is -3.90. The maximum atomic E-state index is 13.4. The molecule has 1 rings (SSSR count). The summed E-state index contributed by atoms with van der Waals surface area (Å²) in [5.74, 6) is -1.27. The van der Waals surface area contributed by atoms with Crippen molar-refractivity contribution in [3.05, 3.63) is 29.6 Å². The number of benzene rings is 1. The second-order valence-electron chi connectivity index (χ2n) is 3.92. The Morgan fingerprint density at radius 3 is 2.53 bits per heavy atom. The van der Waals surface area contributed by atoms with Gasteiger partial charge in [0.1, 0.15) is 12.4 Å². The number of likely N-dealkylation sites (N-methyl/N-ethyl adjacent to an activating group) is 1. The molecule has 0 radical (unpaired) electrons. The largest absolute Gasteiger partial charge is 0.468 e. The highest BCUT2D eigenvalue weighted by atomic mass is 32.2. The van der Waals surface area contributed by atoms with E-state index < -0.39 is 28.4 Å². The molecule has 0 aliphatic heterocycles. The number of carbonyl (C=O) groups is 1. The second kappa shape index (κ2) is 6.12. The van der Waals surface area contributed by atoms with Crippen LogP contribution < -0.4 is 0 Å². The van der Waals surface area contributed by atoms with Crippen LogP contribution in [0.4, 0.5) is 4.39 Å². The summed E-state index contributed by atoms with van der Waals surface area (Å²) in [6.45, 7) is 2.82. The van der Waals surface area contributed by atoms with E-state index in [2.05, 4.69) is 4.74 Å². The summed E-state index contributed by atoms with van der Waals surface area (Å²) in [5, 5.41) is 0. The van der Waals surface area contributed by atoms with E-state index in [1.807, 2.05) is 0 Å². The van der Waals surface area contributed by atoms with E-state index in [-0.39, 0.29) is 11.4 Å². The molecule has 0 fully saturated rings. The molecule has 0 aromatic heterocycles. The lowest BCUT2D eigenvalue weighted by molar-refractivity contribution is -0.140. The van der Waals surface area contributed by atoms with Gasteiger partial charge in [0.05, 0.1) is 12.0 Å². The normalized spacial score (nSPS) is 11.6. The Morgan fingerprint density at radius 2 is 2.05 bits per heavy atom. The highest BCUT2D eigenvalue weighted by Gasteiger charge is 2.26. The van der Waals surface area contributed by atoms with Gasteiger partial charge in [-0.3, -0.25) is 4.79 Å². The summed E-state index contributed by atoms with van der Waals surface area (Å²) in [5.41, 5.74) is 0.356. The first-order valence-corrected chi connectivity index (χ1v) is 7.10. The van der Waals surface area contributed by atoms with Crippen LogP contribution in [-0.4, -0.2) is 38.9 Å². The molecule has 0 saturated carbocycles. The minimum absolute atomic E-state index is 0.0902. The lowest BCUT2D eigenvalue weighted by Gasteiger charge is -2.19. The van der Waals surface area contributed by atoms with Crippen LogP contribution in [0.2, 0.25) is 0 Å². The smallest absolute Gasteiger partial charge is 0.321 e. The molecule has 0 aliphatic carbocycles. The van der Waals surface area contributed by atoms with Gasteiger partial charge < -0.3 is 4.74 Å². The Labute approximate surface area is 112 Å². The van der Waals surface area contributed by atoms with Gasteiger partial charge >= 0.3 is 5.97 Å². The summed E-state index contributed by atoms with van der Waals surface area (Å²) < 4.78 is 43.3. The van der Waals surface area contributed by atoms with Crippen LogP contribution in [0.3, 0.4) is 0 Å². The number of esters is 1. The van der Waals surface area contributed by atoms with Crippen molar-refractivity contribution in [2.45, 2.75) is 18.7 Å². The van der Waals surface area contributed by atoms with Gasteiger partial charge in [0, 0.05) is 6.54 Å². The molecular weight excluding hydrogens is 273 g/mol. The van der Waals surface area contributed by atoms with Crippen molar-refractivity contribution in [2.75, 3.05) is 20.2 Å². The number of carbonyl (C=O) groups excluding carboxylic acids is 1. The molecule has 7 heteroatoms. The zero-order valence-electron chi connectivity index (χ0n) is 11.0. The maximum absolute atomic E-state index is 13.4. The standard InChI is InChI=1S/C12H16FNO4S/c1-4-14(8-12(15)18-3)19(16,17)10-6-5-9(2)11(13)7-10/h5-7H,4,8H2,1-3H3. The van der Waals surface area contributed by atoms with E-state index in [4.69, 9.17) is 0 Å². The summed E-state index contributed by atoms with van der Waals surface area (Å²) in [6, 6.07) is 3.65. The van der Waals surface area contributed by atoms with Crippen LogP contribution in [-0.2, 0) is 19.6 Å². The molecule has 0 unspecified atom stereocenters. The Hall–Kier alpha value is -1.47. The summed E-state index contributed by atoms with van der Waals surface area (Å²) in [7, 11) is -2.73. The molecule has 5 nitrogen and oxygen atoms in total. The average Bonchev–Trinajstić information content (AvgIpc) is 2.38. The van der Waals surface area contributed by atoms with E-state index >= 15 is 0 Å². The van der Waals surface area contributed by atoms with Crippen molar-refractivity contribution in [3.8, 4) is 0 Å². The number of sulfonamides is 1. The first-order valence-electron chi connectivity index (χ1n) is 5.66. The maximum Gasteiger partial charge on any atom is 0.321 e. The number of aryl methyl sites for hydroxylation is 1. The van der Waals surface area contributed by atoms with Gasteiger partial charge in [-0.25, -0.2) is 12.8 Å². The van der Waals surface area contributed by atoms with Crippen molar-refractivity contribution in [3.63, 3.8) is 0 Å². The number of methoxy groups -OCH3 is 1. The molecule has 0 spiro atoms. The highest BCUT2D eigenvalue weighted by molar-refractivity contribution is 7.89. The van der Waals surface area contributed by atoms with Gasteiger partial charge in [0.2, 0.25) is 10.0 Å². The van der Waals surface area contributed by atoms with E-state index in [1.165, 1.54) is 26.2 Å². The molecule has 106 valence electrons. The molecule has 0 atom stereocenters. The number of rotatable bonds is 5. The fraction of sp³-hybridized carbons (Fsp3) is 0.417. The first kappa shape index (κ1) is 15.6. The summed E-state index contributed by atoms with van der Waals surface area (Å²) in [6.07, 6.45) is 0. The van der Waals surface area contributed by atoms with Crippen LogP contribution in [0, 0.1) is 12.7 Å². The zero-order valence-corrected chi connectivity index (χ0v) is 11.8. The topological polar surface area (TPSA) is 63.7 Å². The van der Waals surface area contributed by atoms with E-state index in [1.54, 1.807) is 6.92 Å². The van der Waals surface area contributed by atoms with Gasteiger partial charge in [0.25, 0.3) is 0 Å². The fourth-order valence-corrected chi connectivity index (χ4v) is 2.86. The molecule has 0 bridgehead atoms. The van der Waals surface area contributed by atoms with E-state index in [0.29, 0.717) is 5.56 Å². The lowest BCUT2D eigenvalue weighted by Crippen LogP contribution is -2.36. The SMILES string of the molecule is CCN(CC(=O)OC)S(=O)(=O)c1ccc(C)c(F)c1. The quantitative estimate of drug-likeness (QED) is 0.767. The van der Waals surface area contributed by atoms with Gasteiger partial charge in [-0.05, 0) is 24.6 Å². The molecule has 0 heterocycles. The Bertz CT molecular complexity index is 571. The molecular formula is C12H16FNO4S. The van der Waals surface area contributed by atoms with Crippen LogP contribution in [0.25, 0.3) is 0 Å². The Morgan fingerprint density at radius 1 is 1.42 bits per heavy atom. The van der Waals surface area contributed by atoms with Crippen molar-refractivity contribution in [1.29, 1.82) is 0 Å². The monoisotopic (exact) mass is 289 g/mol. The zero-order chi connectivity index (χ0) is 14.6. The average molecular weight is 289 g/mol. The molecule has 1 aromatic carbocycles. The number of ether oxygens (including phenoxy) is 1. The predicted octanol–water partition coefficient (Wildman–Crippen LogP) is 1.32. The van der Waals surface area contributed by atoms with E-state index in [9.17, 15) is 17.6 Å². The fourth-order valence-electron chi connectivity index (χ4n) is 1.46. The number of hydrogen-bond acceptors (Lipinski definition) is 4.